The maximum Gasteiger partial charge on any atom is 0.0266 e. The Morgan fingerprint density at radius 3 is 2.37 bits per heavy atom. The molecule has 2 rings (SSSR count). The monoisotopic (exact) mass is 271 g/mol. The van der Waals surface area contributed by atoms with Crippen LogP contribution in [0.3, 0.4) is 0 Å². The first-order valence-corrected chi connectivity index (χ1v) is 7.58. The third-order valence-electron chi connectivity index (χ3n) is 3.07. The highest BCUT2D eigenvalue weighted by Gasteiger charge is 2.02. The summed E-state index contributed by atoms with van der Waals surface area (Å²) in [5.41, 5.74) is 11.2. The topological polar surface area (TPSA) is 26.0 Å². The van der Waals surface area contributed by atoms with Gasteiger partial charge in [0.15, 0.2) is 0 Å². The van der Waals surface area contributed by atoms with Crippen molar-refractivity contribution in [3.05, 3.63) is 64.7 Å². The maximum absolute atomic E-state index is 5.92. The van der Waals surface area contributed by atoms with Gasteiger partial charge in [0.2, 0.25) is 0 Å². The predicted molar refractivity (Wildman–Crippen MR) is 84.5 cm³/mol. The minimum atomic E-state index is 0.0989. The predicted octanol–water partition coefficient (Wildman–Crippen LogP) is 4.62. The first kappa shape index (κ1) is 14.2. The summed E-state index contributed by atoms with van der Waals surface area (Å²) >= 11 is 1.87. The Morgan fingerprint density at radius 1 is 1.05 bits per heavy atom. The molecule has 2 N–H and O–H groups in total. The molecule has 0 aromatic heterocycles. The summed E-state index contributed by atoms with van der Waals surface area (Å²) in [5, 5.41) is 0. The molecular weight excluding hydrogens is 250 g/mol. The van der Waals surface area contributed by atoms with Crippen LogP contribution in [0.15, 0.2) is 47.4 Å². The number of nitrogens with two attached hydrogens (primary N) is 1. The third-order valence-corrected chi connectivity index (χ3v) is 4.14. The fraction of sp³-hybridized carbons (Fsp3) is 0.294. The van der Waals surface area contributed by atoms with Gasteiger partial charge in [-0.3, -0.25) is 0 Å². The van der Waals surface area contributed by atoms with E-state index in [0.29, 0.717) is 0 Å². The molecule has 0 saturated heterocycles. The number of hydrogen-bond donors (Lipinski definition) is 1. The van der Waals surface area contributed by atoms with Gasteiger partial charge in [-0.1, -0.05) is 41.5 Å². The molecule has 0 heterocycles. The van der Waals surface area contributed by atoms with Crippen molar-refractivity contribution in [2.24, 2.45) is 5.73 Å². The van der Waals surface area contributed by atoms with Crippen molar-refractivity contribution in [2.45, 2.75) is 37.5 Å². The van der Waals surface area contributed by atoms with Crippen LogP contribution in [-0.4, -0.2) is 0 Å². The van der Waals surface area contributed by atoms with Gasteiger partial charge in [-0.2, -0.15) is 0 Å². The van der Waals surface area contributed by atoms with Gasteiger partial charge in [-0.25, -0.2) is 0 Å². The lowest BCUT2D eigenvalue weighted by Gasteiger charge is -2.09. The highest BCUT2D eigenvalue weighted by atomic mass is 32.2. The SMILES string of the molecule is Cc1cc(C)cc(CSc2cccc(C(C)N)c2)c1. The molecule has 0 amide bonds. The quantitative estimate of drug-likeness (QED) is 0.821. The summed E-state index contributed by atoms with van der Waals surface area (Å²) in [4.78, 5) is 1.29. The molecule has 0 fully saturated rings. The minimum absolute atomic E-state index is 0.0989. The van der Waals surface area contributed by atoms with Gasteiger partial charge in [0.25, 0.3) is 0 Å². The zero-order chi connectivity index (χ0) is 13.8. The van der Waals surface area contributed by atoms with Crippen LogP contribution in [0.25, 0.3) is 0 Å². The van der Waals surface area contributed by atoms with E-state index in [1.54, 1.807) is 0 Å². The van der Waals surface area contributed by atoms with Crippen LogP contribution in [0, 0.1) is 13.8 Å². The number of hydrogen-bond acceptors (Lipinski definition) is 2. The normalized spacial score (nSPS) is 12.4. The average molecular weight is 271 g/mol. The Labute approximate surface area is 120 Å². The molecular formula is C17H21NS. The summed E-state index contributed by atoms with van der Waals surface area (Å²) in [5.74, 6) is 1.00. The van der Waals surface area contributed by atoms with Crippen LogP contribution in [0.1, 0.15) is 35.2 Å². The number of rotatable bonds is 4. The Kier molecular flexibility index (Phi) is 4.67. The summed E-state index contributed by atoms with van der Waals surface area (Å²) in [6.07, 6.45) is 0. The van der Waals surface area contributed by atoms with Crippen molar-refractivity contribution in [1.82, 2.24) is 0 Å². The van der Waals surface area contributed by atoms with E-state index >= 15 is 0 Å². The van der Waals surface area contributed by atoms with Crippen LogP contribution >= 0.6 is 11.8 Å². The van der Waals surface area contributed by atoms with Crippen molar-refractivity contribution in [3.8, 4) is 0 Å². The summed E-state index contributed by atoms with van der Waals surface area (Å²) in [6.45, 7) is 6.32. The summed E-state index contributed by atoms with van der Waals surface area (Å²) in [7, 11) is 0. The van der Waals surface area contributed by atoms with E-state index < -0.39 is 0 Å². The lowest BCUT2D eigenvalue weighted by molar-refractivity contribution is 0.815. The molecule has 0 saturated carbocycles. The van der Waals surface area contributed by atoms with Crippen molar-refractivity contribution < 1.29 is 0 Å². The van der Waals surface area contributed by atoms with Crippen LogP contribution < -0.4 is 5.73 Å². The number of aryl methyl sites for hydroxylation is 2. The first-order valence-electron chi connectivity index (χ1n) is 6.60. The van der Waals surface area contributed by atoms with E-state index in [1.165, 1.54) is 27.1 Å². The van der Waals surface area contributed by atoms with E-state index in [1.807, 2.05) is 18.7 Å². The second kappa shape index (κ2) is 6.27. The van der Waals surface area contributed by atoms with E-state index in [9.17, 15) is 0 Å². The summed E-state index contributed by atoms with van der Waals surface area (Å²) in [6, 6.07) is 15.3. The van der Waals surface area contributed by atoms with Crippen LogP contribution in [-0.2, 0) is 5.75 Å². The maximum atomic E-state index is 5.92. The minimum Gasteiger partial charge on any atom is -0.324 e. The van der Waals surface area contributed by atoms with Crippen molar-refractivity contribution in [1.29, 1.82) is 0 Å². The van der Waals surface area contributed by atoms with Crippen molar-refractivity contribution >= 4 is 11.8 Å². The molecule has 2 aromatic rings. The average Bonchev–Trinajstić information content (AvgIpc) is 2.35. The van der Waals surface area contributed by atoms with Gasteiger partial charge in [0, 0.05) is 16.7 Å². The van der Waals surface area contributed by atoms with Crippen LogP contribution in [0.2, 0.25) is 0 Å². The second-order valence-electron chi connectivity index (χ2n) is 5.15. The Bertz CT molecular complexity index is 541. The third kappa shape index (κ3) is 4.12. The highest BCUT2D eigenvalue weighted by Crippen LogP contribution is 2.25. The van der Waals surface area contributed by atoms with Gasteiger partial charge < -0.3 is 5.73 Å². The second-order valence-corrected chi connectivity index (χ2v) is 6.19. The van der Waals surface area contributed by atoms with Gasteiger partial charge in [0.1, 0.15) is 0 Å². The molecule has 1 atom stereocenters. The van der Waals surface area contributed by atoms with Gasteiger partial charge >= 0.3 is 0 Å². The largest absolute Gasteiger partial charge is 0.324 e. The highest BCUT2D eigenvalue weighted by molar-refractivity contribution is 7.98. The van der Waals surface area contributed by atoms with E-state index in [4.69, 9.17) is 5.73 Å². The van der Waals surface area contributed by atoms with Gasteiger partial charge in [-0.15, -0.1) is 11.8 Å². The van der Waals surface area contributed by atoms with E-state index in [-0.39, 0.29) is 6.04 Å². The fourth-order valence-corrected chi connectivity index (χ4v) is 3.10. The molecule has 1 nitrogen and oxygen atoms in total. The van der Waals surface area contributed by atoms with Gasteiger partial charge in [0.05, 0.1) is 0 Å². The molecule has 0 radical (unpaired) electrons. The molecule has 2 heteroatoms. The number of benzene rings is 2. The zero-order valence-corrected chi connectivity index (χ0v) is 12.6. The lowest BCUT2D eigenvalue weighted by atomic mass is 10.1. The zero-order valence-electron chi connectivity index (χ0n) is 11.8. The Morgan fingerprint density at radius 2 is 1.74 bits per heavy atom. The van der Waals surface area contributed by atoms with Crippen molar-refractivity contribution in [3.63, 3.8) is 0 Å². The molecule has 0 bridgehead atoms. The number of thioether (sulfide) groups is 1. The Balaban J connectivity index is 2.07. The molecule has 0 spiro atoms. The lowest BCUT2D eigenvalue weighted by Crippen LogP contribution is -2.04. The van der Waals surface area contributed by atoms with E-state index in [0.717, 1.165) is 5.75 Å². The molecule has 1 unspecified atom stereocenters. The Hall–Kier alpha value is -1.25. The standard InChI is InChI=1S/C17H21NS/c1-12-7-13(2)9-15(8-12)11-19-17-6-4-5-16(10-17)14(3)18/h4-10,14H,11,18H2,1-3H3. The first-order chi connectivity index (χ1) is 9.04. The van der Waals surface area contributed by atoms with Crippen LogP contribution in [0.4, 0.5) is 0 Å². The molecule has 100 valence electrons. The molecule has 0 aliphatic rings. The van der Waals surface area contributed by atoms with Gasteiger partial charge in [-0.05, 0) is 44.0 Å². The van der Waals surface area contributed by atoms with Crippen molar-refractivity contribution in [2.75, 3.05) is 0 Å². The molecule has 0 aliphatic heterocycles. The molecule has 2 aromatic carbocycles. The molecule has 19 heavy (non-hydrogen) atoms. The van der Waals surface area contributed by atoms with E-state index in [2.05, 4.69) is 56.3 Å². The molecule has 0 aliphatic carbocycles. The fourth-order valence-electron chi connectivity index (χ4n) is 2.21. The smallest absolute Gasteiger partial charge is 0.0266 e. The summed E-state index contributed by atoms with van der Waals surface area (Å²) < 4.78 is 0. The van der Waals surface area contributed by atoms with Crippen LogP contribution in [0.5, 0.6) is 0 Å².